The van der Waals surface area contributed by atoms with Crippen LogP contribution in [-0.2, 0) is 39.5 Å². The van der Waals surface area contributed by atoms with Crippen LogP contribution in [-0.4, -0.2) is 37.1 Å². The number of carbonyl (C=O) groups is 2. The summed E-state index contributed by atoms with van der Waals surface area (Å²) < 4.78 is 87.7. The lowest BCUT2D eigenvalue weighted by molar-refractivity contribution is -0.385. The Balaban J connectivity index is 2.29. The van der Waals surface area contributed by atoms with Crippen LogP contribution in [0.15, 0.2) is 36.4 Å². The number of methoxy groups -OCH3 is 2. The molecule has 0 unspecified atom stereocenters. The lowest BCUT2D eigenvalue weighted by Crippen LogP contribution is -2.43. The average molecular weight is 508 g/mol. The van der Waals surface area contributed by atoms with Crippen LogP contribution >= 0.6 is 0 Å². The zero-order valence-electron chi connectivity index (χ0n) is 18.1. The van der Waals surface area contributed by atoms with Crippen LogP contribution in [0.5, 0.6) is 5.75 Å². The van der Waals surface area contributed by atoms with E-state index in [1.54, 1.807) is 0 Å². The van der Waals surface area contributed by atoms with Gasteiger partial charge in [0.2, 0.25) is 5.91 Å². The van der Waals surface area contributed by atoms with Crippen LogP contribution in [0.25, 0.3) is 0 Å². The van der Waals surface area contributed by atoms with Crippen molar-refractivity contribution in [3.8, 4) is 5.75 Å². The highest BCUT2D eigenvalue weighted by molar-refractivity contribution is 5.86. The molecular weight excluding hydrogens is 490 g/mol. The third-order valence-corrected chi connectivity index (χ3v) is 4.71. The fourth-order valence-corrected chi connectivity index (χ4v) is 3.13. The van der Waals surface area contributed by atoms with E-state index in [1.807, 2.05) is 0 Å². The third kappa shape index (κ3) is 7.32. The lowest BCUT2D eigenvalue weighted by atomic mass is 10.0. The third-order valence-electron chi connectivity index (χ3n) is 4.71. The molecule has 0 aliphatic heterocycles. The molecule has 1 amide bonds. The van der Waals surface area contributed by atoms with Crippen molar-refractivity contribution in [1.82, 2.24) is 5.32 Å². The Morgan fingerprint density at radius 3 is 2.00 bits per heavy atom. The van der Waals surface area contributed by atoms with Gasteiger partial charge in [-0.3, -0.25) is 14.9 Å². The number of ether oxygens (including phenoxy) is 2. The second-order valence-corrected chi connectivity index (χ2v) is 7.20. The zero-order valence-corrected chi connectivity index (χ0v) is 18.1. The number of rotatable bonds is 8. The summed E-state index contributed by atoms with van der Waals surface area (Å²) in [6.07, 6.45) is -11.4. The molecular formula is C21H18F6N2O6. The van der Waals surface area contributed by atoms with Crippen molar-refractivity contribution in [2.45, 2.75) is 31.2 Å². The number of nitrogens with one attached hydrogen (secondary N) is 1. The monoisotopic (exact) mass is 508 g/mol. The standard InChI is InChI=1S/C21H18F6N2O6/c1-34-17-4-3-11(8-16(17)29(32)33)7-15(19(31)35-2)28-18(30)9-12-5-13(20(22,23)24)10-14(6-12)21(25,26)27/h3-6,8,10,15H,7,9H2,1-2H3,(H,28,30)/t15-/m1/s1. The summed E-state index contributed by atoms with van der Waals surface area (Å²) in [5, 5.41) is 13.4. The molecule has 0 aromatic heterocycles. The molecule has 35 heavy (non-hydrogen) atoms. The van der Waals surface area contributed by atoms with Gasteiger partial charge < -0.3 is 14.8 Å². The molecule has 0 fully saturated rings. The summed E-state index contributed by atoms with van der Waals surface area (Å²) in [5.41, 5.74) is -4.00. The second-order valence-electron chi connectivity index (χ2n) is 7.20. The summed E-state index contributed by atoms with van der Waals surface area (Å²) >= 11 is 0. The topological polar surface area (TPSA) is 108 Å². The van der Waals surface area contributed by atoms with E-state index >= 15 is 0 Å². The van der Waals surface area contributed by atoms with E-state index < -0.39 is 64.0 Å². The molecule has 0 heterocycles. The van der Waals surface area contributed by atoms with E-state index in [0.29, 0.717) is 12.1 Å². The Morgan fingerprint density at radius 2 is 1.54 bits per heavy atom. The summed E-state index contributed by atoms with van der Waals surface area (Å²) in [5.74, 6) is -2.13. The summed E-state index contributed by atoms with van der Waals surface area (Å²) in [6.45, 7) is 0. The van der Waals surface area contributed by atoms with Crippen LogP contribution in [0.3, 0.4) is 0 Å². The van der Waals surface area contributed by atoms with Crippen molar-refractivity contribution >= 4 is 17.6 Å². The minimum atomic E-state index is -5.09. The lowest BCUT2D eigenvalue weighted by Gasteiger charge is -2.18. The first kappa shape index (κ1) is 27.4. The molecule has 0 radical (unpaired) electrons. The van der Waals surface area contributed by atoms with Gasteiger partial charge in [0.25, 0.3) is 0 Å². The predicted molar refractivity (Wildman–Crippen MR) is 107 cm³/mol. The molecule has 2 rings (SSSR count). The molecule has 0 bridgehead atoms. The first-order valence-corrected chi connectivity index (χ1v) is 9.62. The number of hydrogen-bond donors (Lipinski definition) is 1. The fourth-order valence-electron chi connectivity index (χ4n) is 3.13. The quantitative estimate of drug-likeness (QED) is 0.249. The van der Waals surface area contributed by atoms with Gasteiger partial charge >= 0.3 is 24.0 Å². The molecule has 0 aliphatic rings. The molecule has 8 nitrogen and oxygen atoms in total. The number of nitro benzene ring substituents is 1. The molecule has 0 saturated carbocycles. The maximum Gasteiger partial charge on any atom is 0.416 e. The van der Waals surface area contributed by atoms with Gasteiger partial charge in [-0.2, -0.15) is 26.3 Å². The number of esters is 1. The molecule has 1 N–H and O–H groups in total. The van der Waals surface area contributed by atoms with Gasteiger partial charge in [0.05, 0.1) is 36.7 Å². The van der Waals surface area contributed by atoms with Gasteiger partial charge in [0.1, 0.15) is 6.04 Å². The van der Waals surface area contributed by atoms with Crippen molar-refractivity contribution in [1.29, 1.82) is 0 Å². The van der Waals surface area contributed by atoms with Crippen LogP contribution in [0, 0.1) is 10.1 Å². The molecule has 190 valence electrons. The van der Waals surface area contributed by atoms with Crippen LogP contribution in [0.4, 0.5) is 32.0 Å². The summed E-state index contributed by atoms with van der Waals surface area (Å²) in [6, 6.07) is 3.00. The van der Waals surface area contributed by atoms with E-state index in [9.17, 15) is 46.0 Å². The number of nitrogens with zero attached hydrogens (tertiary/aromatic N) is 1. The number of alkyl halides is 6. The Morgan fingerprint density at radius 1 is 0.971 bits per heavy atom. The molecule has 2 aromatic carbocycles. The van der Waals surface area contributed by atoms with E-state index in [-0.39, 0.29) is 23.8 Å². The molecule has 0 saturated heterocycles. The van der Waals surface area contributed by atoms with Gasteiger partial charge in [0.15, 0.2) is 5.75 Å². The van der Waals surface area contributed by atoms with Gasteiger partial charge in [-0.15, -0.1) is 0 Å². The van der Waals surface area contributed by atoms with Crippen molar-refractivity contribution in [3.63, 3.8) is 0 Å². The maximum atomic E-state index is 13.0. The number of amides is 1. The van der Waals surface area contributed by atoms with Gasteiger partial charge in [-0.25, -0.2) is 4.79 Å². The van der Waals surface area contributed by atoms with E-state index in [2.05, 4.69) is 10.1 Å². The average Bonchev–Trinajstić information content (AvgIpc) is 2.76. The Labute approximate surface area is 194 Å². The minimum absolute atomic E-state index is 0.0672. The Hall–Kier alpha value is -3.84. The molecule has 0 spiro atoms. The largest absolute Gasteiger partial charge is 0.490 e. The van der Waals surface area contributed by atoms with Gasteiger partial charge in [-0.1, -0.05) is 6.07 Å². The first-order chi connectivity index (χ1) is 16.1. The smallest absolute Gasteiger partial charge is 0.416 e. The van der Waals surface area contributed by atoms with Crippen molar-refractivity contribution in [3.05, 3.63) is 68.8 Å². The van der Waals surface area contributed by atoms with Crippen LogP contribution in [0.1, 0.15) is 22.3 Å². The number of halogens is 6. The highest BCUT2D eigenvalue weighted by Gasteiger charge is 2.37. The molecule has 2 aromatic rings. The molecule has 0 aliphatic carbocycles. The number of benzene rings is 2. The molecule has 1 atom stereocenters. The van der Waals surface area contributed by atoms with Crippen molar-refractivity contribution in [2.75, 3.05) is 14.2 Å². The highest BCUT2D eigenvalue weighted by Crippen LogP contribution is 2.36. The minimum Gasteiger partial charge on any atom is -0.490 e. The summed E-state index contributed by atoms with van der Waals surface area (Å²) in [4.78, 5) is 35.0. The van der Waals surface area contributed by atoms with Crippen molar-refractivity contribution in [2.24, 2.45) is 0 Å². The summed E-state index contributed by atoms with van der Waals surface area (Å²) in [7, 11) is 2.19. The van der Waals surface area contributed by atoms with E-state index in [0.717, 1.165) is 13.2 Å². The number of carbonyl (C=O) groups excluding carboxylic acids is 2. The van der Waals surface area contributed by atoms with Gasteiger partial charge in [-0.05, 0) is 35.4 Å². The Kier molecular flexibility index (Phi) is 8.31. The number of hydrogen-bond acceptors (Lipinski definition) is 6. The first-order valence-electron chi connectivity index (χ1n) is 9.62. The van der Waals surface area contributed by atoms with Crippen molar-refractivity contribution < 1.29 is 50.3 Å². The fraction of sp³-hybridized carbons (Fsp3) is 0.333. The van der Waals surface area contributed by atoms with Crippen LogP contribution < -0.4 is 10.1 Å². The SMILES string of the molecule is COC(=O)[C@@H](Cc1ccc(OC)c([N+](=O)[O-])c1)NC(=O)Cc1cc(C(F)(F)F)cc(C(F)(F)F)c1. The van der Waals surface area contributed by atoms with E-state index in [4.69, 9.17) is 4.74 Å². The molecule has 14 heteroatoms. The van der Waals surface area contributed by atoms with Crippen LogP contribution in [0.2, 0.25) is 0 Å². The van der Waals surface area contributed by atoms with Gasteiger partial charge in [0, 0.05) is 12.5 Å². The van der Waals surface area contributed by atoms with E-state index in [1.165, 1.54) is 19.2 Å². The number of nitro groups is 1. The zero-order chi connectivity index (χ0) is 26.6. The highest BCUT2D eigenvalue weighted by atomic mass is 19.4. The maximum absolute atomic E-state index is 13.0. The predicted octanol–water partition coefficient (Wildman–Crippen LogP) is 4.08. The second kappa shape index (κ2) is 10.6. The normalized spacial score (nSPS) is 12.6. The Bertz CT molecular complexity index is 1080.